The molecule has 1 rings (SSSR count). The highest BCUT2D eigenvalue weighted by Crippen LogP contribution is 2.18. The largest absolute Gasteiger partial charge is 0.481 e. The van der Waals surface area contributed by atoms with Crippen molar-refractivity contribution in [3.8, 4) is 0 Å². The number of aromatic nitrogens is 3. The summed E-state index contributed by atoms with van der Waals surface area (Å²) in [6, 6.07) is 0. The molecule has 1 aromatic rings. The summed E-state index contributed by atoms with van der Waals surface area (Å²) in [5.74, 6) is -0.416. The van der Waals surface area contributed by atoms with Crippen molar-refractivity contribution in [2.45, 2.75) is 63.8 Å². The van der Waals surface area contributed by atoms with Crippen molar-refractivity contribution in [1.29, 1.82) is 0 Å². The summed E-state index contributed by atoms with van der Waals surface area (Å²) in [6.45, 7) is 2.75. The molecule has 0 atom stereocenters. The smallest absolute Gasteiger partial charge is 0.313 e. The molecule has 0 spiro atoms. The standard InChI is InChI=1S/C13H23N3O3S/c1-2-3-4-5-6-7-8-16-11(9-17)14-15-13(16)20-10-12(18)19/h17H,2-10H2,1H3,(H,18,19). The molecular formula is C13H23N3O3S. The first kappa shape index (κ1) is 17.0. The maximum absolute atomic E-state index is 10.6. The number of hydrogen-bond donors (Lipinski definition) is 2. The van der Waals surface area contributed by atoms with Gasteiger partial charge in [0, 0.05) is 6.54 Å². The Morgan fingerprint density at radius 2 is 1.90 bits per heavy atom. The zero-order valence-corrected chi connectivity index (χ0v) is 12.7. The molecule has 0 saturated carbocycles. The molecule has 2 N–H and O–H groups in total. The highest BCUT2D eigenvalue weighted by molar-refractivity contribution is 7.99. The third kappa shape index (κ3) is 5.92. The van der Waals surface area contributed by atoms with Crippen molar-refractivity contribution in [1.82, 2.24) is 14.8 Å². The van der Waals surface area contributed by atoms with Gasteiger partial charge in [-0.25, -0.2) is 0 Å². The van der Waals surface area contributed by atoms with E-state index in [1.165, 1.54) is 25.7 Å². The maximum atomic E-state index is 10.6. The number of carboxylic acids is 1. The average Bonchev–Trinajstić information content (AvgIpc) is 2.82. The molecular weight excluding hydrogens is 278 g/mol. The third-order valence-electron chi connectivity index (χ3n) is 2.99. The van der Waals surface area contributed by atoms with Gasteiger partial charge in [-0.3, -0.25) is 4.79 Å². The minimum atomic E-state index is -0.880. The molecule has 6 nitrogen and oxygen atoms in total. The number of unbranched alkanes of at least 4 members (excludes halogenated alkanes) is 5. The van der Waals surface area contributed by atoms with E-state index in [1.54, 1.807) is 0 Å². The molecule has 0 bridgehead atoms. The Morgan fingerprint density at radius 1 is 1.20 bits per heavy atom. The minimum absolute atomic E-state index is 0.0416. The number of carboxylic acid groups (broad SMARTS) is 1. The highest BCUT2D eigenvalue weighted by atomic mass is 32.2. The van der Waals surface area contributed by atoms with E-state index < -0.39 is 5.97 Å². The van der Waals surface area contributed by atoms with Gasteiger partial charge in [-0.05, 0) is 6.42 Å². The van der Waals surface area contributed by atoms with E-state index in [1.807, 2.05) is 4.57 Å². The molecule has 7 heteroatoms. The lowest BCUT2D eigenvalue weighted by molar-refractivity contribution is -0.133. The fourth-order valence-corrected chi connectivity index (χ4v) is 2.65. The zero-order chi connectivity index (χ0) is 14.8. The second-order valence-corrected chi connectivity index (χ2v) is 5.60. The van der Waals surface area contributed by atoms with Gasteiger partial charge >= 0.3 is 5.97 Å². The van der Waals surface area contributed by atoms with Crippen LogP contribution in [-0.2, 0) is 17.9 Å². The van der Waals surface area contributed by atoms with Crippen LogP contribution in [0.2, 0.25) is 0 Å². The first-order chi connectivity index (χ1) is 9.69. The van der Waals surface area contributed by atoms with Crippen LogP contribution in [0.4, 0.5) is 0 Å². The number of thioether (sulfide) groups is 1. The van der Waals surface area contributed by atoms with Crippen LogP contribution in [0.15, 0.2) is 5.16 Å². The van der Waals surface area contributed by atoms with Gasteiger partial charge in [0.25, 0.3) is 0 Å². The van der Waals surface area contributed by atoms with Crippen LogP contribution < -0.4 is 0 Å². The van der Waals surface area contributed by atoms with E-state index in [0.717, 1.165) is 31.1 Å². The number of aliphatic hydroxyl groups is 1. The summed E-state index contributed by atoms with van der Waals surface area (Å²) in [5.41, 5.74) is 0. The molecule has 20 heavy (non-hydrogen) atoms. The van der Waals surface area contributed by atoms with Crippen LogP contribution >= 0.6 is 11.8 Å². The first-order valence-electron chi connectivity index (χ1n) is 7.06. The van der Waals surface area contributed by atoms with Crippen molar-refractivity contribution in [2.75, 3.05) is 5.75 Å². The van der Waals surface area contributed by atoms with Crippen LogP contribution in [0.1, 0.15) is 51.3 Å². The summed E-state index contributed by atoms with van der Waals surface area (Å²) in [5, 5.41) is 26.3. The van der Waals surface area contributed by atoms with Crippen LogP contribution in [0.3, 0.4) is 0 Å². The topological polar surface area (TPSA) is 88.2 Å². The third-order valence-corrected chi connectivity index (χ3v) is 3.95. The minimum Gasteiger partial charge on any atom is -0.481 e. The summed E-state index contributed by atoms with van der Waals surface area (Å²) in [4.78, 5) is 10.6. The van der Waals surface area contributed by atoms with Gasteiger partial charge in [-0.15, -0.1) is 10.2 Å². The van der Waals surface area contributed by atoms with Crippen molar-refractivity contribution >= 4 is 17.7 Å². The summed E-state index contributed by atoms with van der Waals surface area (Å²) < 4.78 is 1.83. The Kier molecular flexibility index (Phi) is 8.29. The van der Waals surface area contributed by atoms with E-state index in [0.29, 0.717) is 11.0 Å². The van der Waals surface area contributed by atoms with E-state index >= 15 is 0 Å². The van der Waals surface area contributed by atoms with E-state index in [-0.39, 0.29) is 12.4 Å². The number of nitrogens with zero attached hydrogens (tertiary/aromatic N) is 3. The number of aliphatic carboxylic acids is 1. The van der Waals surface area contributed by atoms with E-state index in [2.05, 4.69) is 17.1 Å². The number of aliphatic hydroxyl groups excluding tert-OH is 1. The zero-order valence-electron chi connectivity index (χ0n) is 11.9. The molecule has 0 aromatic carbocycles. The SMILES string of the molecule is CCCCCCCCn1c(CO)nnc1SCC(=O)O. The molecule has 0 saturated heterocycles. The molecule has 114 valence electrons. The van der Waals surface area contributed by atoms with Crippen LogP contribution in [0.5, 0.6) is 0 Å². The van der Waals surface area contributed by atoms with Crippen LogP contribution in [0.25, 0.3) is 0 Å². The molecule has 0 unspecified atom stereocenters. The number of rotatable bonds is 11. The van der Waals surface area contributed by atoms with Crippen molar-refractivity contribution < 1.29 is 15.0 Å². The molecule has 0 amide bonds. The van der Waals surface area contributed by atoms with Gasteiger partial charge in [0.05, 0.1) is 5.75 Å². The van der Waals surface area contributed by atoms with E-state index in [4.69, 9.17) is 5.11 Å². The summed E-state index contributed by atoms with van der Waals surface area (Å²) in [7, 11) is 0. The quantitative estimate of drug-likeness (QED) is 0.481. The van der Waals surface area contributed by atoms with Crippen LogP contribution in [0, 0.1) is 0 Å². The second-order valence-electron chi connectivity index (χ2n) is 4.66. The molecule has 0 aliphatic heterocycles. The molecule has 0 aliphatic carbocycles. The number of carbonyl (C=O) groups is 1. The average molecular weight is 301 g/mol. The molecule has 0 aliphatic rings. The van der Waals surface area contributed by atoms with Gasteiger partial charge in [-0.2, -0.15) is 0 Å². The molecule has 0 fully saturated rings. The summed E-state index contributed by atoms with van der Waals surface area (Å²) >= 11 is 1.14. The molecule has 1 aromatic heterocycles. The van der Waals surface area contributed by atoms with Gasteiger partial charge in [-0.1, -0.05) is 50.8 Å². The normalized spacial score (nSPS) is 10.9. The monoisotopic (exact) mass is 301 g/mol. The van der Waals surface area contributed by atoms with Crippen molar-refractivity contribution in [2.24, 2.45) is 0 Å². The predicted octanol–water partition coefficient (Wildman–Crippen LogP) is 2.31. The fraction of sp³-hybridized carbons (Fsp3) is 0.769. The fourth-order valence-electron chi connectivity index (χ4n) is 1.94. The van der Waals surface area contributed by atoms with Gasteiger partial charge in [0.2, 0.25) is 0 Å². The lowest BCUT2D eigenvalue weighted by atomic mass is 10.1. The first-order valence-corrected chi connectivity index (χ1v) is 8.05. The van der Waals surface area contributed by atoms with E-state index in [9.17, 15) is 9.90 Å². The Bertz CT molecular complexity index is 410. The Morgan fingerprint density at radius 3 is 2.55 bits per heavy atom. The Hall–Kier alpha value is -1.08. The second kappa shape index (κ2) is 9.77. The van der Waals surface area contributed by atoms with Gasteiger partial charge in [0.1, 0.15) is 6.61 Å². The van der Waals surface area contributed by atoms with Crippen molar-refractivity contribution in [3.05, 3.63) is 5.82 Å². The van der Waals surface area contributed by atoms with Crippen molar-refractivity contribution in [3.63, 3.8) is 0 Å². The maximum Gasteiger partial charge on any atom is 0.313 e. The molecule has 0 radical (unpaired) electrons. The van der Waals surface area contributed by atoms with Gasteiger partial charge in [0.15, 0.2) is 11.0 Å². The highest BCUT2D eigenvalue weighted by Gasteiger charge is 2.12. The Labute approximate surface area is 123 Å². The predicted molar refractivity (Wildman–Crippen MR) is 77.7 cm³/mol. The Balaban J connectivity index is 2.44. The number of hydrogen-bond acceptors (Lipinski definition) is 5. The lowest BCUT2D eigenvalue weighted by Crippen LogP contribution is -2.07. The molecule has 1 heterocycles. The lowest BCUT2D eigenvalue weighted by Gasteiger charge is -2.08. The van der Waals surface area contributed by atoms with Gasteiger partial charge < -0.3 is 14.8 Å². The summed E-state index contributed by atoms with van der Waals surface area (Å²) in [6.07, 6.45) is 7.10. The van der Waals surface area contributed by atoms with Crippen LogP contribution in [-0.4, -0.2) is 36.7 Å².